The highest BCUT2D eigenvalue weighted by Crippen LogP contribution is 2.35. The molecule has 1 aromatic carbocycles. The fraction of sp³-hybridized carbons (Fsp3) is 0.235. The van der Waals surface area contributed by atoms with Gasteiger partial charge in [0.05, 0.1) is 20.4 Å². The largest absolute Gasteiger partial charge is 0.495 e. The first-order valence-corrected chi connectivity index (χ1v) is 8.07. The summed E-state index contributed by atoms with van der Waals surface area (Å²) in [4.78, 5) is 16.2. The summed E-state index contributed by atoms with van der Waals surface area (Å²) in [6, 6.07) is 7.02. The first kappa shape index (κ1) is 18.9. The van der Waals surface area contributed by atoms with Crippen LogP contribution in [0.15, 0.2) is 46.2 Å². The zero-order valence-electron chi connectivity index (χ0n) is 14.0. The Hall–Kier alpha value is -2.45. The van der Waals surface area contributed by atoms with Crippen molar-refractivity contribution in [2.24, 2.45) is 5.10 Å². The lowest BCUT2D eigenvalue weighted by Gasteiger charge is -2.13. The van der Waals surface area contributed by atoms with Crippen molar-refractivity contribution in [2.75, 3.05) is 21.3 Å². The van der Waals surface area contributed by atoms with Gasteiger partial charge >= 0.3 is 0 Å². The predicted octanol–water partition coefficient (Wildman–Crippen LogP) is 2.70. The number of pyridine rings is 1. The Morgan fingerprint density at radius 3 is 2.48 bits per heavy atom. The number of rotatable bonds is 7. The molecule has 25 heavy (non-hydrogen) atoms. The monoisotopic (exact) mass is 407 g/mol. The van der Waals surface area contributed by atoms with E-state index < -0.39 is 12.0 Å². The molecule has 2 aromatic rings. The predicted molar refractivity (Wildman–Crippen MR) is 97.0 cm³/mol. The third kappa shape index (κ3) is 4.77. The van der Waals surface area contributed by atoms with E-state index in [1.165, 1.54) is 13.3 Å². The number of carbonyl (C=O) groups is 1. The molecule has 8 heteroatoms. The van der Waals surface area contributed by atoms with Gasteiger partial charge in [-0.1, -0.05) is 6.07 Å². The second-order valence-electron chi connectivity index (χ2n) is 4.88. The molecule has 0 saturated carbocycles. The van der Waals surface area contributed by atoms with E-state index in [1.807, 2.05) is 0 Å². The number of nitrogens with one attached hydrogen (secondary N) is 1. The molecule has 0 bridgehead atoms. The minimum Gasteiger partial charge on any atom is -0.495 e. The smallest absolute Gasteiger partial charge is 0.273 e. The molecule has 0 aliphatic heterocycles. The number of carbonyl (C=O) groups excluding carboxylic acids is 1. The Morgan fingerprint density at radius 2 is 1.96 bits per heavy atom. The summed E-state index contributed by atoms with van der Waals surface area (Å²) >= 11 is 3.39. The number of benzene rings is 1. The Labute approximate surface area is 154 Å². The fourth-order valence-corrected chi connectivity index (χ4v) is 2.67. The van der Waals surface area contributed by atoms with Crippen LogP contribution in [0.2, 0.25) is 0 Å². The van der Waals surface area contributed by atoms with Crippen molar-refractivity contribution in [3.8, 4) is 11.5 Å². The highest BCUT2D eigenvalue weighted by atomic mass is 79.9. The normalized spacial score (nSPS) is 12.0. The third-order valence-corrected chi connectivity index (χ3v) is 4.10. The van der Waals surface area contributed by atoms with Crippen molar-refractivity contribution in [2.45, 2.75) is 6.10 Å². The van der Waals surface area contributed by atoms with E-state index in [0.29, 0.717) is 27.1 Å². The van der Waals surface area contributed by atoms with Gasteiger partial charge in [0.1, 0.15) is 16.0 Å². The van der Waals surface area contributed by atoms with Gasteiger partial charge in [-0.25, -0.2) is 5.43 Å². The van der Waals surface area contributed by atoms with Crippen molar-refractivity contribution < 1.29 is 19.0 Å². The van der Waals surface area contributed by atoms with E-state index in [-0.39, 0.29) is 0 Å². The Bertz CT molecular complexity index is 728. The first-order chi connectivity index (χ1) is 12.1. The summed E-state index contributed by atoms with van der Waals surface area (Å²) < 4.78 is 16.5. The average molecular weight is 408 g/mol. The first-order valence-electron chi connectivity index (χ1n) is 7.27. The SMILES string of the molecule is COc1cc(/C=N/NC(=O)C(OC)c2cccnc2)cc(OC)c1Br. The number of ether oxygens (including phenoxy) is 3. The van der Waals surface area contributed by atoms with Gasteiger partial charge in [0.15, 0.2) is 6.10 Å². The van der Waals surface area contributed by atoms with E-state index in [1.54, 1.807) is 50.9 Å². The Balaban J connectivity index is 2.11. The van der Waals surface area contributed by atoms with Gasteiger partial charge in [-0.15, -0.1) is 0 Å². The van der Waals surface area contributed by atoms with Crippen molar-refractivity contribution in [1.82, 2.24) is 10.4 Å². The Kier molecular flexibility index (Phi) is 6.91. The molecule has 2 rings (SSSR count). The molecule has 1 heterocycles. The molecule has 0 aliphatic rings. The van der Waals surface area contributed by atoms with Crippen LogP contribution in [0, 0.1) is 0 Å². The van der Waals surface area contributed by atoms with Gasteiger partial charge in [-0.3, -0.25) is 9.78 Å². The quantitative estimate of drug-likeness (QED) is 0.563. The summed E-state index contributed by atoms with van der Waals surface area (Å²) in [6.07, 6.45) is 3.90. The van der Waals surface area contributed by atoms with E-state index in [4.69, 9.17) is 14.2 Å². The maximum atomic E-state index is 12.2. The molecule has 0 radical (unpaired) electrons. The van der Waals surface area contributed by atoms with Gasteiger partial charge < -0.3 is 14.2 Å². The molecule has 7 nitrogen and oxygen atoms in total. The number of hydrazone groups is 1. The summed E-state index contributed by atoms with van der Waals surface area (Å²) in [6.45, 7) is 0. The second kappa shape index (κ2) is 9.14. The zero-order valence-corrected chi connectivity index (χ0v) is 15.6. The van der Waals surface area contributed by atoms with Crippen molar-refractivity contribution in [1.29, 1.82) is 0 Å². The molecule has 0 aliphatic carbocycles. The lowest BCUT2D eigenvalue weighted by molar-refractivity contribution is -0.131. The average Bonchev–Trinajstić information content (AvgIpc) is 2.64. The molecular formula is C17H18BrN3O4. The fourth-order valence-electron chi connectivity index (χ4n) is 2.12. The van der Waals surface area contributed by atoms with Crippen molar-refractivity contribution in [3.05, 3.63) is 52.3 Å². The van der Waals surface area contributed by atoms with Gasteiger partial charge in [-0.2, -0.15) is 5.10 Å². The number of methoxy groups -OCH3 is 3. The van der Waals surface area contributed by atoms with E-state index in [2.05, 4.69) is 31.4 Å². The van der Waals surface area contributed by atoms with Crippen LogP contribution < -0.4 is 14.9 Å². The number of hydrogen-bond acceptors (Lipinski definition) is 6. The van der Waals surface area contributed by atoms with Crippen LogP contribution in [0.1, 0.15) is 17.2 Å². The number of halogens is 1. The number of amides is 1. The minimum absolute atomic E-state index is 0.400. The summed E-state index contributed by atoms with van der Waals surface area (Å²) in [5.41, 5.74) is 3.80. The van der Waals surface area contributed by atoms with Crippen LogP contribution in [0.3, 0.4) is 0 Å². The van der Waals surface area contributed by atoms with Crippen LogP contribution in [-0.4, -0.2) is 38.4 Å². The molecule has 1 N–H and O–H groups in total. The molecule has 1 amide bonds. The molecule has 1 unspecified atom stereocenters. The van der Waals surface area contributed by atoms with E-state index in [9.17, 15) is 4.79 Å². The lowest BCUT2D eigenvalue weighted by Crippen LogP contribution is -2.26. The van der Waals surface area contributed by atoms with Crippen molar-refractivity contribution in [3.63, 3.8) is 0 Å². The highest BCUT2D eigenvalue weighted by Gasteiger charge is 2.19. The van der Waals surface area contributed by atoms with Crippen LogP contribution in [-0.2, 0) is 9.53 Å². The molecule has 1 atom stereocenters. The molecule has 0 fully saturated rings. The lowest BCUT2D eigenvalue weighted by atomic mass is 10.1. The molecule has 132 valence electrons. The zero-order chi connectivity index (χ0) is 18.2. The third-order valence-electron chi connectivity index (χ3n) is 3.32. The Morgan fingerprint density at radius 1 is 1.28 bits per heavy atom. The molecule has 1 aromatic heterocycles. The number of aromatic nitrogens is 1. The van der Waals surface area contributed by atoms with Gasteiger partial charge in [0, 0.05) is 30.6 Å². The van der Waals surface area contributed by atoms with E-state index in [0.717, 1.165) is 0 Å². The molecule has 0 spiro atoms. The summed E-state index contributed by atoms with van der Waals surface area (Å²) in [5, 5.41) is 3.97. The van der Waals surface area contributed by atoms with E-state index >= 15 is 0 Å². The van der Waals surface area contributed by atoms with Gasteiger partial charge in [-0.05, 0) is 34.1 Å². The number of hydrogen-bond donors (Lipinski definition) is 1. The van der Waals surface area contributed by atoms with Crippen LogP contribution in [0.5, 0.6) is 11.5 Å². The summed E-state index contributed by atoms with van der Waals surface area (Å²) in [5.74, 6) is 0.789. The standard InChI is InChI=1S/C17H18BrN3O4/c1-23-13-7-11(8-14(24-2)15(13)18)9-20-21-17(22)16(25-3)12-5-4-6-19-10-12/h4-10,16H,1-3H3,(H,21,22)/b20-9+. The highest BCUT2D eigenvalue weighted by molar-refractivity contribution is 9.10. The van der Waals surface area contributed by atoms with Gasteiger partial charge in [0.25, 0.3) is 5.91 Å². The van der Waals surface area contributed by atoms with Crippen LogP contribution >= 0.6 is 15.9 Å². The maximum absolute atomic E-state index is 12.2. The van der Waals surface area contributed by atoms with Crippen molar-refractivity contribution >= 4 is 28.1 Å². The molecular weight excluding hydrogens is 390 g/mol. The maximum Gasteiger partial charge on any atom is 0.273 e. The van der Waals surface area contributed by atoms with Gasteiger partial charge in [0.2, 0.25) is 0 Å². The minimum atomic E-state index is -0.792. The topological polar surface area (TPSA) is 82.0 Å². The van der Waals surface area contributed by atoms with Crippen LogP contribution in [0.25, 0.3) is 0 Å². The second-order valence-corrected chi connectivity index (χ2v) is 5.67. The molecule has 0 saturated heterocycles. The summed E-state index contributed by atoms with van der Waals surface area (Å²) in [7, 11) is 4.56. The number of nitrogens with zero attached hydrogens (tertiary/aromatic N) is 2. The van der Waals surface area contributed by atoms with Crippen LogP contribution in [0.4, 0.5) is 0 Å².